The highest BCUT2D eigenvalue weighted by atomic mass is 35.5. The first-order valence-electron chi connectivity index (χ1n) is 15.7. The summed E-state index contributed by atoms with van der Waals surface area (Å²) in [6.45, 7) is 5.04. The lowest BCUT2D eigenvalue weighted by molar-refractivity contribution is 0.171. The summed E-state index contributed by atoms with van der Waals surface area (Å²) in [7, 11) is -0.316. The van der Waals surface area contributed by atoms with Crippen LogP contribution in [0.5, 0.6) is 23.0 Å². The minimum absolute atomic E-state index is 0.106. The van der Waals surface area contributed by atoms with Gasteiger partial charge >= 0.3 is 0 Å². The van der Waals surface area contributed by atoms with Gasteiger partial charge in [-0.3, -0.25) is 14.4 Å². The number of hydrogen-bond donors (Lipinski definition) is 1. The van der Waals surface area contributed by atoms with Gasteiger partial charge in [-0.2, -0.15) is 13.7 Å². The normalized spacial score (nSPS) is 12.6. The van der Waals surface area contributed by atoms with E-state index in [0.717, 1.165) is 33.8 Å². The first-order chi connectivity index (χ1) is 23.5. The molecule has 1 aromatic heterocycles. The molecule has 0 amide bonds. The summed E-state index contributed by atoms with van der Waals surface area (Å²) >= 11 is 6.80. The second kappa shape index (κ2) is 16.3. The average molecular weight is 707 g/mol. The number of nitrogens with zero attached hydrogens (tertiary/aromatic N) is 4. The molecule has 0 aliphatic carbocycles. The number of nitriles is 1. The minimum atomic E-state index is -4.17. The molecule has 1 aliphatic rings. The number of halogens is 1. The maximum absolute atomic E-state index is 11.6. The van der Waals surface area contributed by atoms with E-state index in [1.54, 1.807) is 24.4 Å². The molecule has 0 unspecified atom stereocenters. The highest BCUT2D eigenvalue weighted by molar-refractivity contribution is 7.85. The molecule has 0 spiro atoms. The summed E-state index contributed by atoms with van der Waals surface area (Å²) in [5.74, 6) is 1.92. The maximum atomic E-state index is 11.6. The number of hydrogen-bond acceptors (Lipinski definition) is 10. The van der Waals surface area contributed by atoms with E-state index in [1.165, 1.54) is 6.20 Å². The Morgan fingerprint density at radius 2 is 1.71 bits per heavy atom. The van der Waals surface area contributed by atoms with E-state index in [4.69, 9.17) is 30.5 Å². The van der Waals surface area contributed by atoms with E-state index < -0.39 is 15.9 Å². The topological polar surface area (TPSA) is 134 Å². The number of fused-ring (bicyclic) bond motifs is 1. The molecular formula is C36H39ClN4O7S. The van der Waals surface area contributed by atoms with Crippen molar-refractivity contribution in [2.45, 2.75) is 26.7 Å². The second-order valence-corrected chi connectivity index (χ2v) is 14.0. The molecular weight excluding hydrogens is 668 g/mol. The lowest BCUT2D eigenvalue weighted by Gasteiger charge is -2.25. The van der Waals surface area contributed by atoms with Crippen LogP contribution in [0.2, 0.25) is 5.02 Å². The van der Waals surface area contributed by atoms with Gasteiger partial charge in [0.1, 0.15) is 44.0 Å². The van der Waals surface area contributed by atoms with E-state index in [9.17, 15) is 18.2 Å². The molecule has 1 N–H and O–H groups in total. The predicted octanol–water partition coefficient (Wildman–Crippen LogP) is 5.76. The van der Waals surface area contributed by atoms with Gasteiger partial charge in [-0.25, -0.2) is 0 Å². The van der Waals surface area contributed by atoms with Crippen molar-refractivity contribution in [3.63, 3.8) is 0 Å². The number of aromatic nitrogens is 1. The summed E-state index contributed by atoms with van der Waals surface area (Å²) < 4.78 is 56.7. The zero-order valence-corrected chi connectivity index (χ0v) is 29.3. The maximum Gasteiger partial charge on any atom is 0.266 e. The third-order valence-electron chi connectivity index (χ3n) is 8.04. The predicted molar refractivity (Wildman–Crippen MR) is 187 cm³/mol. The molecule has 258 valence electrons. The minimum Gasteiger partial charge on any atom is -0.488 e. The summed E-state index contributed by atoms with van der Waals surface area (Å²) in [6.07, 6.45) is 3.10. The van der Waals surface area contributed by atoms with Crippen molar-refractivity contribution in [3.05, 3.63) is 99.8 Å². The number of ether oxygens (including phenoxy) is 4. The number of pyridine rings is 1. The smallest absolute Gasteiger partial charge is 0.266 e. The molecule has 2 heterocycles. The fourth-order valence-electron chi connectivity index (χ4n) is 5.35. The Morgan fingerprint density at radius 1 is 0.939 bits per heavy atom. The van der Waals surface area contributed by atoms with Gasteiger partial charge in [0.15, 0.2) is 11.5 Å². The van der Waals surface area contributed by atoms with Crippen LogP contribution in [-0.4, -0.2) is 80.5 Å². The molecule has 0 fully saturated rings. The zero-order valence-electron chi connectivity index (χ0n) is 27.7. The summed E-state index contributed by atoms with van der Waals surface area (Å²) in [5, 5.41) is 9.67. The van der Waals surface area contributed by atoms with Crippen LogP contribution in [0.15, 0.2) is 67.0 Å². The van der Waals surface area contributed by atoms with Crippen LogP contribution in [0.1, 0.15) is 27.8 Å². The van der Waals surface area contributed by atoms with E-state index in [1.807, 2.05) is 61.2 Å². The van der Waals surface area contributed by atoms with E-state index in [0.29, 0.717) is 66.1 Å². The number of likely N-dealkylation sites (N-methyl/N-ethyl adjacent to an activating group) is 1. The molecule has 0 atom stereocenters. The Kier molecular flexibility index (Phi) is 12.0. The van der Waals surface area contributed by atoms with Crippen molar-refractivity contribution in [3.8, 4) is 40.2 Å². The van der Waals surface area contributed by atoms with Gasteiger partial charge < -0.3 is 23.8 Å². The Labute approximate surface area is 292 Å². The fourth-order valence-corrected chi connectivity index (χ4v) is 6.08. The first-order valence-corrected chi connectivity index (χ1v) is 17.7. The Morgan fingerprint density at radius 3 is 2.47 bits per heavy atom. The summed E-state index contributed by atoms with van der Waals surface area (Å²) in [4.78, 5) is 8.03. The van der Waals surface area contributed by atoms with Gasteiger partial charge in [0.25, 0.3) is 10.1 Å². The molecule has 0 radical (unpaired) electrons. The third-order valence-corrected chi connectivity index (χ3v) is 9.03. The highest BCUT2D eigenvalue weighted by Crippen LogP contribution is 2.38. The zero-order chi connectivity index (χ0) is 35.0. The van der Waals surface area contributed by atoms with E-state index >= 15 is 0 Å². The molecule has 0 bridgehead atoms. The van der Waals surface area contributed by atoms with Crippen LogP contribution in [0, 0.1) is 18.3 Å². The molecule has 13 heteroatoms. The van der Waals surface area contributed by atoms with Crippen molar-refractivity contribution in [2.24, 2.45) is 0 Å². The van der Waals surface area contributed by atoms with Gasteiger partial charge in [0, 0.05) is 55.8 Å². The second-order valence-electron chi connectivity index (χ2n) is 12.0. The standard InChI is InChI=1S/C36H39ClN4O7S/c1-25-29(5-4-6-31(25)28-7-8-33-36(17-28)46-13-12-45-33)24-48-35-18-34(47-23-27-15-26(19-38)20-39-21-27)30(16-32(35)37)22-41(10-9-40(2)3)11-14-49(42,43)44/h4-8,15-18,20-21H,9-14,22-24H2,1-3H3,(H,42,43,44). The largest absolute Gasteiger partial charge is 0.488 e. The van der Waals surface area contributed by atoms with Crippen LogP contribution < -0.4 is 18.9 Å². The third kappa shape index (κ3) is 10.1. The Bertz CT molecular complexity index is 1930. The first kappa shape index (κ1) is 35.9. The molecule has 0 saturated carbocycles. The van der Waals surface area contributed by atoms with Crippen LogP contribution in [0.25, 0.3) is 11.1 Å². The lowest BCUT2D eigenvalue weighted by atomic mass is 9.96. The van der Waals surface area contributed by atoms with Crippen LogP contribution in [-0.2, 0) is 29.9 Å². The Balaban J connectivity index is 1.40. The van der Waals surface area contributed by atoms with Gasteiger partial charge in [-0.05, 0) is 67.5 Å². The van der Waals surface area contributed by atoms with Gasteiger partial charge in [0.05, 0.1) is 16.3 Å². The lowest BCUT2D eigenvalue weighted by Crippen LogP contribution is -2.34. The Hall–Kier alpha value is -4.38. The van der Waals surface area contributed by atoms with Crippen molar-refractivity contribution in [2.75, 3.05) is 52.7 Å². The molecule has 4 aromatic rings. The quantitative estimate of drug-likeness (QED) is 0.151. The fraction of sp³-hybridized carbons (Fsp3) is 0.333. The SMILES string of the molecule is Cc1c(COc2cc(OCc3cncc(C#N)c3)c(CN(CCN(C)C)CCS(=O)(=O)O)cc2Cl)cccc1-c1ccc2c(c1)OCCO2. The van der Waals surface area contributed by atoms with E-state index in [-0.39, 0.29) is 19.8 Å². The van der Waals surface area contributed by atoms with Crippen LogP contribution in [0.4, 0.5) is 0 Å². The average Bonchev–Trinajstić information content (AvgIpc) is 3.08. The van der Waals surface area contributed by atoms with Crippen molar-refractivity contribution < 1.29 is 31.9 Å². The summed E-state index contributed by atoms with van der Waals surface area (Å²) in [6, 6.07) is 19.2. The van der Waals surface area contributed by atoms with Gasteiger partial charge in [-0.15, -0.1) is 0 Å². The number of benzene rings is 3. The van der Waals surface area contributed by atoms with E-state index in [2.05, 4.69) is 17.1 Å². The molecule has 3 aromatic carbocycles. The van der Waals surface area contributed by atoms with Crippen LogP contribution in [0.3, 0.4) is 0 Å². The van der Waals surface area contributed by atoms with Gasteiger partial charge in [-0.1, -0.05) is 35.9 Å². The number of rotatable bonds is 15. The summed E-state index contributed by atoms with van der Waals surface area (Å²) in [5.41, 5.74) is 5.87. The van der Waals surface area contributed by atoms with Crippen molar-refractivity contribution >= 4 is 21.7 Å². The van der Waals surface area contributed by atoms with Crippen molar-refractivity contribution in [1.29, 1.82) is 5.26 Å². The van der Waals surface area contributed by atoms with Crippen LogP contribution >= 0.6 is 11.6 Å². The monoisotopic (exact) mass is 706 g/mol. The van der Waals surface area contributed by atoms with Crippen molar-refractivity contribution in [1.82, 2.24) is 14.8 Å². The highest BCUT2D eigenvalue weighted by Gasteiger charge is 2.19. The molecule has 49 heavy (non-hydrogen) atoms. The molecule has 5 rings (SSSR count). The molecule has 0 saturated heterocycles. The molecule has 11 nitrogen and oxygen atoms in total. The van der Waals surface area contributed by atoms with Gasteiger partial charge in [0.2, 0.25) is 0 Å². The molecule has 1 aliphatic heterocycles.